The van der Waals surface area contributed by atoms with Gasteiger partial charge in [-0.05, 0) is 71.8 Å². The summed E-state index contributed by atoms with van der Waals surface area (Å²) in [6.07, 6.45) is 12.0. The quantitative estimate of drug-likeness (QED) is 0.0366. The van der Waals surface area contributed by atoms with E-state index in [9.17, 15) is 14.5 Å². The number of pyridine rings is 1. The Kier molecular flexibility index (Phi) is 10.6. The number of halogens is 2. The van der Waals surface area contributed by atoms with E-state index in [0.717, 1.165) is 17.5 Å². The molecule has 16 heteroatoms. The van der Waals surface area contributed by atoms with Crippen molar-refractivity contribution in [2.45, 2.75) is 12.8 Å². The molecule has 0 bridgehead atoms. The van der Waals surface area contributed by atoms with Gasteiger partial charge < -0.3 is 20.7 Å². The first kappa shape index (κ1) is 36.4. The number of hydrogen-bond acceptors (Lipinski definition) is 11. The van der Waals surface area contributed by atoms with Crippen LogP contribution in [-0.4, -0.2) is 73.2 Å². The number of aliphatic imine (C=N–C) groups is 1. The van der Waals surface area contributed by atoms with Crippen LogP contribution in [0.3, 0.4) is 0 Å². The maximum Gasteiger partial charge on any atom is 0.311 e. The molecule has 3 aromatic heterocycles. The maximum atomic E-state index is 15.3. The molecule has 0 amide bonds. The number of nitro groups is 1. The molecule has 6 aromatic rings. The Morgan fingerprint density at radius 2 is 1.87 bits per heavy atom. The number of rotatable bonds is 14. The van der Waals surface area contributed by atoms with Crippen LogP contribution in [0, 0.1) is 33.1 Å². The maximum absolute atomic E-state index is 15.3. The third kappa shape index (κ3) is 8.49. The molecule has 1 aliphatic rings. The van der Waals surface area contributed by atoms with E-state index in [1.807, 2.05) is 42.3 Å². The minimum Gasteiger partial charge on any atom is -0.485 e. The minimum atomic E-state index is -0.534. The van der Waals surface area contributed by atoms with Gasteiger partial charge in [-0.2, -0.15) is 5.10 Å². The molecular formula is C39H35F2N11O3. The molecule has 14 nitrogen and oxygen atoms in total. The first-order valence-corrected chi connectivity index (χ1v) is 17.2. The Balaban J connectivity index is 0.991. The molecule has 0 spiro atoms. The smallest absolute Gasteiger partial charge is 0.311 e. The van der Waals surface area contributed by atoms with Gasteiger partial charge in [0.05, 0.1) is 21.5 Å². The number of hydrogen-bond donors (Lipinski definition) is 3. The number of nitrogens with two attached hydrogens (primary N) is 1. The number of allylic oxidation sites excluding steroid dienone is 3. The van der Waals surface area contributed by atoms with Crippen molar-refractivity contribution in [1.29, 1.82) is 5.41 Å². The Bertz CT molecular complexity index is 2520. The van der Waals surface area contributed by atoms with E-state index in [-0.39, 0.29) is 35.6 Å². The van der Waals surface area contributed by atoms with Crippen molar-refractivity contribution in [2.75, 3.05) is 37.8 Å². The highest BCUT2D eigenvalue weighted by Gasteiger charge is 2.22. The predicted molar refractivity (Wildman–Crippen MR) is 206 cm³/mol. The number of ether oxygens (including phenoxy) is 1. The summed E-state index contributed by atoms with van der Waals surface area (Å²) in [6.45, 7) is 1.06. The highest BCUT2D eigenvalue weighted by molar-refractivity contribution is 6.03. The first-order chi connectivity index (χ1) is 26.6. The van der Waals surface area contributed by atoms with Crippen LogP contribution >= 0.6 is 0 Å². The van der Waals surface area contributed by atoms with Crippen molar-refractivity contribution < 1.29 is 18.4 Å². The average molecular weight is 744 g/mol. The SMILES string of the molecule is CN(CCOc1cc2ncnc(Nc3ccc(Cc4ccn5ncnc5c4)c(F)c3)c2cc1[N+](=O)[O-])CC1C=CC(Cc2ccc(N)cc2F)=C/C1=N/C=N. The van der Waals surface area contributed by atoms with E-state index in [1.165, 1.54) is 36.9 Å². The summed E-state index contributed by atoms with van der Waals surface area (Å²) in [5.41, 5.74) is 10.6. The molecule has 0 saturated carbocycles. The molecule has 278 valence electrons. The fraction of sp³-hybridized carbons (Fsp3) is 0.179. The molecule has 55 heavy (non-hydrogen) atoms. The molecule has 1 atom stereocenters. The number of nitrogens with zero attached hydrogens (tertiary/aromatic N) is 8. The second-order valence-corrected chi connectivity index (χ2v) is 13.0. The molecule has 0 fully saturated rings. The van der Waals surface area contributed by atoms with E-state index < -0.39 is 10.7 Å². The molecule has 3 aromatic carbocycles. The zero-order chi connectivity index (χ0) is 38.5. The zero-order valence-corrected chi connectivity index (χ0v) is 29.6. The number of nitro benzene ring substituents is 1. The lowest BCUT2D eigenvalue weighted by Gasteiger charge is -2.24. The highest BCUT2D eigenvalue weighted by atomic mass is 19.1. The number of benzene rings is 3. The van der Waals surface area contributed by atoms with Gasteiger partial charge in [-0.1, -0.05) is 24.3 Å². The van der Waals surface area contributed by atoms with Crippen LogP contribution in [0.2, 0.25) is 0 Å². The Hall–Kier alpha value is -6.94. The summed E-state index contributed by atoms with van der Waals surface area (Å²) in [5.74, 6) is -0.652. The van der Waals surface area contributed by atoms with Crippen LogP contribution in [0.1, 0.15) is 16.7 Å². The summed E-state index contributed by atoms with van der Waals surface area (Å²) < 4.78 is 37.2. The van der Waals surface area contributed by atoms with Crippen LogP contribution in [0.25, 0.3) is 16.6 Å². The van der Waals surface area contributed by atoms with Gasteiger partial charge in [-0.3, -0.25) is 15.5 Å². The number of anilines is 3. The summed E-state index contributed by atoms with van der Waals surface area (Å²) >= 11 is 0. The third-order valence-corrected chi connectivity index (χ3v) is 9.15. The summed E-state index contributed by atoms with van der Waals surface area (Å²) in [5, 5.41) is 27.2. The topological polar surface area (TPSA) is 186 Å². The van der Waals surface area contributed by atoms with Gasteiger partial charge in [-0.15, -0.1) is 0 Å². The molecular weight excluding hydrogens is 708 g/mol. The van der Waals surface area contributed by atoms with Gasteiger partial charge in [-0.25, -0.2) is 33.2 Å². The van der Waals surface area contributed by atoms with Crippen LogP contribution in [0.15, 0.2) is 108 Å². The standard InChI is InChI=1S/C39H35F2N11O3/c1-50(20-28-3-2-24(14-34(28)44-21-42)12-26-4-6-29(43)16-32(26)40)10-11-55-37-19-35-31(18-36(37)52(53)54)39(47-22-45-35)49-30-7-5-27(33(41)17-30)13-25-8-9-51-38(15-25)46-23-48-51/h2-9,14-19,21-23,28,42H,10-13,20,43H2,1H3,(H,45,47,49)/b42-21?,44-34-. The van der Waals surface area contributed by atoms with Crippen LogP contribution in [-0.2, 0) is 12.8 Å². The lowest BCUT2D eigenvalue weighted by Crippen LogP contribution is -2.33. The van der Waals surface area contributed by atoms with Gasteiger partial charge in [0.1, 0.15) is 43.1 Å². The van der Waals surface area contributed by atoms with E-state index in [0.29, 0.717) is 70.7 Å². The van der Waals surface area contributed by atoms with Crippen molar-refractivity contribution in [1.82, 2.24) is 29.5 Å². The first-order valence-electron chi connectivity index (χ1n) is 17.2. The fourth-order valence-corrected chi connectivity index (χ4v) is 6.34. The van der Waals surface area contributed by atoms with Gasteiger partial charge in [0.25, 0.3) is 0 Å². The van der Waals surface area contributed by atoms with Crippen molar-refractivity contribution in [3.05, 3.63) is 142 Å². The molecule has 0 saturated heterocycles. The van der Waals surface area contributed by atoms with Crippen LogP contribution in [0.4, 0.5) is 31.7 Å². The molecule has 3 heterocycles. The minimum absolute atomic E-state index is 0.0429. The summed E-state index contributed by atoms with van der Waals surface area (Å²) in [7, 11) is 1.88. The predicted octanol–water partition coefficient (Wildman–Crippen LogP) is 6.49. The van der Waals surface area contributed by atoms with Crippen molar-refractivity contribution in [3.8, 4) is 5.75 Å². The van der Waals surface area contributed by atoms with E-state index in [4.69, 9.17) is 15.9 Å². The molecule has 4 N–H and O–H groups in total. The summed E-state index contributed by atoms with van der Waals surface area (Å²) in [6, 6.07) is 15.9. The molecule has 1 aliphatic carbocycles. The van der Waals surface area contributed by atoms with Gasteiger partial charge in [0.15, 0.2) is 11.4 Å². The second kappa shape index (κ2) is 16.0. The van der Waals surface area contributed by atoms with E-state index >= 15 is 4.39 Å². The zero-order valence-electron chi connectivity index (χ0n) is 29.6. The second-order valence-electron chi connectivity index (χ2n) is 13.0. The number of likely N-dealkylation sites (N-methyl/N-ethyl adjacent to an activating group) is 1. The molecule has 1 unspecified atom stereocenters. The Labute approximate surface area is 313 Å². The number of fused-ring (bicyclic) bond motifs is 2. The lowest BCUT2D eigenvalue weighted by atomic mass is 9.91. The van der Waals surface area contributed by atoms with Gasteiger partial charge >= 0.3 is 5.69 Å². The van der Waals surface area contributed by atoms with Gasteiger partial charge in [0, 0.05) is 61.6 Å². The monoisotopic (exact) mass is 743 g/mol. The van der Waals surface area contributed by atoms with Crippen molar-refractivity contribution in [3.63, 3.8) is 0 Å². The van der Waals surface area contributed by atoms with Crippen molar-refractivity contribution >= 4 is 51.5 Å². The van der Waals surface area contributed by atoms with Crippen LogP contribution < -0.4 is 15.8 Å². The fourth-order valence-electron chi connectivity index (χ4n) is 6.34. The average Bonchev–Trinajstić information content (AvgIpc) is 3.63. The van der Waals surface area contributed by atoms with Crippen molar-refractivity contribution in [2.24, 2.45) is 10.9 Å². The normalized spacial score (nSPS) is 14.8. The van der Waals surface area contributed by atoms with Gasteiger partial charge in [0.2, 0.25) is 0 Å². The summed E-state index contributed by atoms with van der Waals surface area (Å²) in [4.78, 5) is 30.6. The molecule has 0 aliphatic heterocycles. The largest absolute Gasteiger partial charge is 0.485 e. The Morgan fingerprint density at radius 1 is 1.05 bits per heavy atom. The Morgan fingerprint density at radius 3 is 2.67 bits per heavy atom. The van der Waals surface area contributed by atoms with E-state index in [2.05, 4.69) is 30.4 Å². The third-order valence-electron chi connectivity index (χ3n) is 9.15. The number of aromatic nitrogens is 5. The van der Waals surface area contributed by atoms with Crippen LogP contribution in [0.5, 0.6) is 5.75 Å². The number of nitrogen functional groups attached to an aromatic ring is 1. The highest BCUT2D eigenvalue weighted by Crippen LogP contribution is 2.35. The molecule has 0 radical (unpaired) electrons. The molecule has 7 rings (SSSR count). The van der Waals surface area contributed by atoms with E-state index in [1.54, 1.807) is 35.0 Å². The lowest BCUT2D eigenvalue weighted by molar-refractivity contribution is -0.385. The number of nitrogens with one attached hydrogen (secondary N) is 2.